The highest BCUT2D eigenvalue weighted by Crippen LogP contribution is 2.23. The summed E-state index contributed by atoms with van der Waals surface area (Å²) < 4.78 is 26.5. The van der Waals surface area contributed by atoms with Gasteiger partial charge in [0, 0.05) is 11.8 Å². The molecule has 0 atom stereocenters. The van der Waals surface area contributed by atoms with Crippen molar-refractivity contribution < 1.29 is 13.6 Å². The first-order chi connectivity index (χ1) is 8.11. The second kappa shape index (κ2) is 4.59. The van der Waals surface area contributed by atoms with Gasteiger partial charge in [-0.25, -0.2) is 8.78 Å². The van der Waals surface area contributed by atoms with E-state index in [0.29, 0.717) is 0 Å². The van der Waals surface area contributed by atoms with Crippen LogP contribution in [0, 0.1) is 11.6 Å². The summed E-state index contributed by atoms with van der Waals surface area (Å²) in [6, 6.07) is 5.03. The smallest absolute Gasteiger partial charge is 0.197 e. The van der Waals surface area contributed by atoms with E-state index >= 15 is 0 Å². The van der Waals surface area contributed by atoms with Crippen LogP contribution in [0.4, 0.5) is 8.78 Å². The molecule has 0 aliphatic carbocycles. The van der Waals surface area contributed by atoms with Crippen molar-refractivity contribution in [2.75, 3.05) is 0 Å². The first-order valence-electron chi connectivity index (χ1n) is 4.69. The van der Waals surface area contributed by atoms with Gasteiger partial charge in [-0.3, -0.25) is 9.78 Å². The Kier molecular flexibility index (Phi) is 3.15. The molecule has 86 valence electrons. The van der Waals surface area contributed by atoms with Gasteiger partial charge in [-0.2, -0.15) is 0 Å². The number of carbonyl (C=O) groups excluding carboxylic acids is 1. The van der Waals surface area contributed by atoms with Crippen LogP contribution in [-0.2, 0) is 0 Å². The number of hydrogen-bond acceptors (Lipinski definition) is 2. The number of aromatic nitrogens is 1. The maximum absolute atomic E-state index is 13.3. The van der Waals surface area contributed by atoms with Gasteiger partial charge in [0.15, 0.2) is 11.6 Å². The van der Waals surface area contributed by atoms with Crippen molar-refractivity contribution in [3.63, 3.8) is 0 Å². The highest BCUT2D eigenvalue weighted by molar-refractivity contribution is 6.35. The van der Waals surface area contributed by atoms with Crippen LogP contribution < -0.4 is 0 Å². The molecule has 2 rings (SSSR count). The number of benzene rings is 1. The summed E-state index contributed by atoms with van der Waals surface area (Å²) in [5.41, 5.74) is -0.260. The summed E-state index contributed by atoms with van der Waals surface area (Å²) in [5.74, 6) is -2.15. The predicted molar refractivity (Wildman–Crippen MR) is 59.0 cm³/mol. The zero-order chi connectivity index (χ0) is 12.4. The number of carbonyl (C=O) groups is 1. The minimum Gasteiger partial charge on any atom is -0.288 e. The van der Waals surface area contributed by atoms with Crippen molar-refractivity contribution in [3.8, 4) is 0 Å². The molecule has 0 N–H and O–H groups in total. The van der Waals surface area contributed by atoms with E-state index in [1.807, 2.05) is 0 Å². The Bertz CT molecular complexity index is 586. The Morgan fingerprint density at radius 3 is 2.59 bits per heavy atom. The van der Waals surface area contributed by atoms with Crippen molar-refractivity contribution in [2.45, 2.75) is 0 Å². The summed E-state index contributed by atoms with van der Waals surface area (Å²) in [7, 11) is 0. The second-order valence-corrected chi connectivity index (χ2v) is 3.66. The van der Waals surface area contributed by atoms with E-state index in [9.17, 15) is 13.6 Å². The van der Waals surface area contributed by atoms with E-state index < -0.39 is 17.4 Å². The maximum atomic E-state index is 13.3. The SMILES string of the molecule is O=C(c1ccncc1F)c1cccc(F)c1Cl. The van der Waals surface area contributed by atoms with Gasteiger partial charge in [-0.05, 0) is 18.2 Å². The number of hydrogen-bond donors (Lipinski definition) is 0. The van der Waals surface area contributed by atoms with Gasteiger partial charge in [0.05, 0.1) is 16.8 Å². The number of pyridine rings is 1. The van der Waals surface area contributed by atoms with Gasteiger partial charge in [0.1, 0.15) is 5.82 Å². The zero-order valence-electron chi connectivity index (χ0n) is 8.45. The third kappa shape index (κ3) is 2.17. The van der Waals surface area contributed by atoms with Crippen LogP contribution in [0.3, 0.4) is 0 Å². The molecule has 0 saturated carbocycles. The molecular weight excluding hydrogens is 248 g/mol. The number of rotatable bonds is 2. The van der Waals surface area contributed by atoms with Crippen LogP contribution >= 0.6 is 11.6 Å². The van der Waals surface area contributed by atoms with Gasteiger partial charge in [-0.15, -0.1) is 0 Å². The largest absolute Gasteiger partial charge is 0.288 e. The summed E-state index contributed by atoms with van der Waals surface area (Å²) in [6.07, 6.45) is 2.20. The van der Waals surface area contributed by atoms with Crippen molar-refractivity contribution >= 4 is 17.4 Å². The highest BCUT2D eigenvalue weighted by Gasteiger charge is 2.18. The summed E-state index contributed by atoms with van der Waals surface area (Å²) in [6.45, 7) is 0. The van der Waals surface area contributed by atoms with E-state index in [4.69, 9.17) is 11.6 Å². The molecule has 0 aliphatic rings. The van der Waals surface area contributed by atoms with Gasteiger partial charge in [0.25, 0.3) is 0 Å². The fourth-order valence-corrected chi connectivity index (χ4v) is 1.60. The molecule has 2 nitrogen and oxygen atoms in total. The minimum atomic E-state index is -0.766. The van der Waals surface area contributed by atoms with Crippen LogP contribution in [0.25, 0.3) is 0 Å². The lowest BCUT2D eigenvalue weighted by Crippen LogP contribution is -2.06. The molecule has 2 aromatic rings. The normalized spacial score (nSPS) is 10.3. The lowest BCUT2D eigenvalue weighted by molar-refractivity contribution is 0.103. The lowest BCUT2D eigenvalue weighted by atomic mass is 10.0. The fraction of sp³-hybridized carbons (Fsp3) is 0. The fourth-order valence-electron chi connectivity index (χ4n) is 1.38. The Balaban J connectivity index is 2.52. The van der Waals surface area contributed by atoms with Gasteiger partial charge in [0.2, 0.25) is 0 Å². The van der Waals surface area contributed by atoms with Gasteiger partial charge < -0.3 is 0 Å². The van der Waals surface area contributed by atoms with Crippen LogP contribution in [0.5, 0.6) is 0 Å². The average molecular weight is 254 g/mol. The van der Waals surface area contributed by atoms with Crippen LogP contribution in [0.15, 0.2) is 36.7 Å². The molecule has 0 aliphatic heterocycles. The molecule has 0 fully saturated rings. The highest BCUT2D eigenvalue weighted by atomic mass is 35.5. The summed E-state index contributed by atoms with van der Waals surface area (Å²) in [5, 5.41) is -0.311. The molecule has 1 aromatic carbocycles. The molecule has 5 heteroatoms. The van der Waals surface area contributed by atoms with Crippen LogP contribution in [0.1, 0.15) is 15.9 Å². The predicted octanol–water partition coefficient (Wildman–Crippen LogP) is 3.24. The van der Waals surface area contributed by atoms with E-state index in [1.54, 1.807) is 0 Å². The molecule has 0 unspecified atom stereocenters. The zero-order valence-corrected chi connectivity index (χ0v) is 9.21. The molecule has 0 spiro atoms. The topological polar surface area (TPSA) is 30.0 Å². The lowest BCUT2D eigenvalue weighted by Gasteiger charge is -2.04. The van der Waals surface area contributed by atoms with E-state index in [0.717, 1.165) is 12.3 Å². The third-order valence-electron chi connectivity index (χ3n) is 2.21. The Morgan fingerprint density at radius 2 is 1.88 bits per heavy atom. The third-order valence-corrected chi connectivity index (χ3v) is 2.60. The van der Waals surface area contributed by atoms with E-state index in [-0.39, 0.29) is 16.1 Å². The summed E-state index contributed by atoms with van der Waals surface area (Å²) >= 11 is 5.66. The van der Waals surface area contributed by atoms with Crippen molar-refractivity contribution in [1.29, 1.82) is 0 Å². The Labute approximate surface area is 101 Å². The maximum Gasteiger partial charge on any atom is 0.197 e. The van der Waals surface area contributed by atoms with E-state index in [2.05, 4.69) is 4.98 Å². The molecule has 1 aromatic heterocycles. The molecular formula is C12H6ClF2NO. The molecule has 0 saturated heterocycles. The first kappa shape index (κ1) is 11.7. The van der Waals surface area contributed by atoms with Crippen LogP contribution in [0.2, 0.25) is 5.02 Å². The summed E-state index contributed by atoms with van der Waals surface area (Å²) in [4.78, 5) is 15.4. The number of ketones is 1. The second-order valence-electron chi connectivity index (χ2n) is 3.29. The van der Waals surface area contributed by atoms with Crippen molar-refractivity contribution in [1.82, 2.24) is 4.98 Å². The molecule has 0 radical (unpaired) electrons. The first-order valence-corrected chi connectivity index (χ1v) is 5.07. The number of halogens is 3. The molecule has 0 amide bonds. The average Bonchev–Trinajstić information content (AvgIpc) is 2.32. The quantitative estimate of drug-likeness (QED) is 0.769. The minimum absolute atomic E-state index is 0.0724. The number of nitrogens with zero attached hydrogens (tertiary/aromatic N) is 1. The Hall–Kier alpha value is -1.81. The monoisotopic (exact) mass is 253 g/mol. The Morgan fingerprint density at radius 1 is 1.12 bits per heavy atom. The van der Waals surface area contributed by atoms with Crippen molar-refractivity contribution in [2.24, 2.45) is 0 Å². The molecule has 0 bridgehead atoms. The van der Waals surface area contributed by atoms with E-state index in [1.165, 1.54) is 24.4 Å². The molecule has 17 heavy (non-hydrogen) atoms. The van der Waals surface area contributed by atoms with Gasteiger partial charge in [-0.1, -0.05) is 17.7 Å². The molecule has 1 heterocycles. The standard InChI is InChI=1S/C12H6ClF2NO/c13-11-8(2-1-3-9(11)14)12(17)7-4-5-16-6-10(7)15/h1-6H. The van der Waals surface area contributed by atoms with Crippen molar-refractivity contribution in [3.05, 3.63) is 64.4 Å². The van der Waals surface area contributed by atoms with Crippen LogP contribution in [-0.4, -0.2) is 10.8 Å². The van der Waals surface area contributed by atoms with Gasteiger partial charge >= 0.3 is 0 Å².